The third-order valence-electron chi connectivity index (χ3n) is 5.86. The molecule has 3 aromatic carbocycles. The molecule has 8 nitrogen and oxygen atoms in total. The van der Waals surface area contributed by atoms with Crippen LogP contribution >= 0.6 is 11.6 Å². The lowest BCUT2D eigenvalue weighted by Crippen LogP contribution is -2.40. The van der Waals surface area contributed by atoms with Gasteiger partial charge >= 0.3 is 12.1 Å². The van der Waals surface area contributed by atoms with Gasteiger partial charge in [0.05, 0.1) is 12.6 Å². The highest BCUT2D eigenvalue weighted by Gasteiger charge is 2.24. The molecule has 1 amide bonds. The minimum absolute atomic E-state index is 0.0717. The van der Waals surface area contributed by atoms with E-state index in [-0.39, 0.29) is 13.2 Å². The van der Waals surface area contributed by atoms with Crippen molar-refractivity contribution in [1.29, 1.82) is 0 Å². The van der Waals surface area contributed by atoms with E-state index in [1.807, 2.05) is 69.1 Å². The van der Waals surface area contributed by atoms with E-state index in [2.05, 4.69) is 0 Å². The number of hydrogen-bond donors (Lipinski definition) is 2. The Hall–Kier alpha value is -3.75. The molecule has 208 valence electrons. The number of amides is 1. The maximum atomic E-state index is 12.9. The van der Waals surface area contributed by atoms with Crippen molar-refractivity contribution in [1.82, 2.24) is 4.90 Å². The summed E-state index contributed by atoms with van der Waals surface area (Å²) in [4.78, 5) is 27.1. The number of aliphatic hydroxyl groups excluding tert-OH is 1. The molecule has 0 bridgehead atoms. The first kappa shape index (κ1) is 29.8. The monoisotopic (exact) mass is 554 g/mol. The van der Waals surface area contributed by atoms with Crippen LogP contribution in [0.3, 0.4) is 0 Å². The van der Waals surface area contributed by atoms with Gasteiger partial charge in [-0.3, -0.25) is 0 Å². The number of carboxylic acid groups (broad SMARTS) is 1. The van der Waals surface area contributed by atoms with E-state index in [9.17, 15) is 14.7 Å². The van der Waals surface area contributed by atoms with Crippen LogP contribution < -0.4 is 9.64 Å². The molecule has 0 saturated heterocycles. The van der Waals surface area contributed by atoms with E-state index in [4.69, 9.17) is 26.2 Å². The Balaban J connectivity index is 1.65. The van der Waals surface area contributed by atoms with E-state index in [0.29, 0.717) is 29.3 Å². The summed E-state index contributed by atoms with van der Waals surface area (Å²) >= 11 is 6.08. The zero-order chi connectivity index (χ0) is 28.6. The predicted molar refractivity (Wildman–Crippen MR) is 152 cm³/mol. The molecule has 39 heavy (non-hydrogen) atoms. The van der Waals surface area contributed by atoms with Gasteiger partial charge in [-0.2, -0.15) is 0 Å². The minimum atomic E-state index is -1.03. The van der Waals surface area contributed by atoms with Crippen molar-refractivity contribution in [3.63, 3.8) is 0 Å². The van der Waals surface area contributed by atoms with Crippen LogP contribution in [-0.2, 0) is 16.0 Å². The second-order valence-corrected chi connectivity index (χ2v) is 10.6. The quantitative estimate of drug-likeness (QED) is 0.296. The number of halogens is 1. The van der Waals surface area contributed by atoms with E-state index < -0.39 is 23.8 Å². The SMILES string of the molecule is CN(c1ccc(CCN(C[C@@H](O)c2cccc(Cl)c2)C(=O)OC(C)(C)C)cc1)c1ccc(OCC(=O)O)cc1. The van der Waals surface area contributed by atoms with E-state index in [0.717, 1.165) is 16.9 Å². The van der Waals surface area contributed by atoms with Gasteiger partial charge in [0.15, 0.2) is 6.61 Å². The lowest BCUT2D eigenvalue weighted by Gasteiger charge is -2.29. The van der Waals surface area contributed by atoms with Gasteiger partial charge in [0.1, 0.15) is 11.4 Å². The number of carbonyl (C=O) groups excluding carboxylic acids is 1. The molecule has 0 heterocycles. The summed E-state index contributed by atoms with van der Waals surface area (Å²) < 4.78 is 10.8. The average Bonchev–Trinajstić information content (AvgIpc) is 2.89. The van der Waals surface area contributed by atoms with Crippen LogP contribution in [0.2, 0.25) is 5.02 Å². The lowest BCUT2D eigenvalue weighted by molar-refractivity contribution is -0.139. The molecular formula is C30H35ClN2O6. The first-order valence-corrected chi connectivity index (χ1v) is 13.0. The summed E-state index contributed by atoms with van der Waals surface area (Å²) in [6, 6.07) is 22.1. The van der Waals surface area contributed by atoms with Crippen molar-refractivity contribution in [2.75, 3.05) is 31.6 Å². The summed E-state index contributed by atoms with van der Waals surface area (Å²) in [5, 5.41) is 20.1. The molecule has 0 fully saturated rings. The molecule has 0 radical (unpaired) electrons. The average molecular weight is 555 g/mol. The van der Waals surface area contributed by atoms with Crippen LogP contribution in [0.25, 0.3) is 0 Å². The number of ether oxygens (including phenoxy) is 2. The Morgan fingerprint density at radius 2 is 1.59 bits per heavy atom. The lowest BCUT2D eigenvalue weighted by atomic mass is 10.1. The molecule has 0 aromatic heterocycles. The highest BCUT2D eigenvalue weighted by Crippen LogP contribution is 2.26. The number of benzene rings is 3. The number of rotatable bonds is 11. The molecule has 0 aliphatic rings. The Kier molecular flexibility index (Phi) is 10.2. The largest absolute Gasteiger partial charge is 0.482 e. The molecule has 0 aliphatic carbocycles. The van der Waals surface area contributed by atoms with Gasteiger partial charge in [-0.25, -0.2) is 9.59 Å². The van der Waals surface area contributed by atoms with Crippen LogP contribution in [0.4, 0.5) is 16.2 Å². The van der Waals surface area contributed by atoms with Crippen molar-refractivity contribution < 1.29 is 29.3 Å². The smallest absolute Gasteiger partial charge is 0.410 e. The van der Waals surface area contributed by atoms with Gasteiger partial charge in [-0.05, 0) is 86.8 Å². The van der Waals surface area contributed by atoms with Gasteiger partial charge in [0, 0.05) is 30.0 Å². The number of hydrogen-bond acceptors (Lipinski definition) is 6. The molecule has 3 rings (SSSR count). The van der Waals surface area contributed by atoms with Gasteiger partial charge in [-0.1, -0.05) is 35.9 Å². The predicted octanol–water partition coefficient (Wildman–Crippen LogP) is 6.08. The molecule has 3 aromatic rings. The topological polar surface area (TPSA) is 99.5 Å². The normalized spacial score (nSPS) is 11.9. The van der Waals surface area contributed by atoms with Crippen molar-refractivity contribution in [3.05, 3.63) is 88.9 Å². The summed E-state index contributed by atoms with van der Waals surface area (Å²) in [5.74, 6) is -0.539. The van der Waals surface area contributed by atoms with Crippen LogP contribution in [0.5, 0.6) is 5.75 Å². The van der Waals surface area contributed by atoms with E-state index in [1.54, 1.807) is 36.4 Å². The maximum absolute atomic E-state index is 12.9. The summed E-state index contributed by atoms with van der Waals surface area (Å²) in [5.41, 5.74) is 2.86. The highest BCUT2D eigenvalue weighted by atomic mass is 35.5. The van der Waals surface area contributed by atoms with Crippen LogP contribution in [0.1, 0.15) is 38.0 Å². The van der Waals surface area contributed by atoms with Crippen molar-refractivity contribution in [3.8, 4) is 5.75 Å². The molecule has 0 spiro atoms. The Labute approximate surface area is 234 Å². The van der Waals surface area contributed by atoms with E-state index in [1.165, 1.54) is 4.90 Å². The Morgan fingerprint density at radius 3 is 2.15 bits per heavy atom. The van der Waals surface area contributed by atoms with Crippen LogP contribution in [-0.4, -0.2) is 59.5 Å². The third kappa shape index (κ3) is 9.50. The van der Waals surface area contributed by atoms with Crippen molar-refractivity contribution in [2.45, 2.75) is 38.9 Å². The van der Waals surface area contributed by atoms with Crippen molar-refractivity contribution >= 4 is 35.0 Å². The van der Waals surface area contributed by atoms with Crippen LogP contribution in [0.15, 0.2) is 72.8 Å². The zero-order valence-electron chi connectivity index (χ0n) is 22.6. The molecule has 0 saturated carbocycles. The third-order valence-corrected chi connectivity index (χ3v) is 6.09. The Bertz CT molecular complexity index is 1240. The van der Waals surface area contributed by atoms with Gasteiger partial charge < -0.3 is 29.5 Å². The fourth-order valence-electron chi connectivity index (χ4n) is 3.82. The first-order valence-electron chi connectivity index (χ1n) is 12.6. The Morgan fingerprint density at radius 1 is 0.974 bits per heavy atom. The summed E-state index contributed by atoms with van der Waals surface area (Å²) in [6.45, 7) is 5.47. The number of aliphatic carboxylic acids is 1. The fourth-order valence-corrected chi connectivity index (χ4v) is 4.02. The number of anilines is 2. The number of aliphatic hydroxyl groups is 1. The number of nitrogens with zero attached hydrogens (tertiary/aromatic N) is 2. The van der Waals surface area contributed by atoms with Gasteiger partial charge in [-0.15, -0.1) is 0 Å². The molecule has 0 unspecified atom stereocenters. The molecule has 1 atom stereocenters. The molecule has 9 heteroatoms. The van der Waals surface area contributed by atoms with Gasteiger partial charge in [0.25, 0.3) is 0 Å². The highest BCUT2D eigenvalue weighted by molar-refractivity contribution is 6.30. The maximum Gasteiger partial charge on any atom is 0.410 e. The number of carboxylic acids is 1. The number of carbonyl (C=O) groups is 2. The summed E-state index contributed by atoms with van der Waals surface area (Å²) in [7, 11) is 1.93. The molecule has 2 N–H and O–H groups in total. The van der Waals surface area contributed by atoms with E-state index >= 15 is 0 Å². The molecule has 0 aliphatic heterocycles. The standard InChI is InChI=1S/C30H35ClN2O6/c1-30(2,3)39-29(37)33(19-27(34)22-6-5-7-23(31)18-22)17-16-21-8-10-24(11-9-21)32(4)25-12-14-26(15-13-25)38-20-28(35)36/h5-15,18,27,34H,16-17,19-20H2,1-4H3,(H,35,36)/t27-/m1/s1. The fraction of sp³-hybridized carbons (Fsp3) is 0.333. The van der Waals surface area contributed by atoms with Gasteiger partial charge in [0.2, 0.25) is 0 Å². The summed E-state index contributed by atoms with van der Waals surface area (Å²) in [6.07, 6.45) is -0.829. The van der Waals surface area contributed by atoms with Crippen LogP contribution in [0, 0.1) is 0 Å². The zero-order valence-corrected chi connectivity index (χ0v) is 23.4. The first-order chi connectivity index (χ1) is 18.4. The van der Waals surface area contributed by atoms with Crippen molar-refractivity contribution in [2.24, 2.45) is 0 Å². The second kappa shape index (κ2) is 13.4. The second-order valence-electron chi connectivity index (χ2n) is 10.1. The minimum Gasteiger partial charge on any atom is -0.482 e. The molecular weight excluding hydrogens is 520 g/mol.